The second-order valence-electron chi connectivity index (χ2n) is 8.85. The molecule has 1 aliphatic rings. The van der Waals surface area contributed by atoms with Crippen LogP contribution >= 0.6 is 23.1 Å². The molecule has 0 bridgehead atoms. The number of nitrogens with zero attached hydrogens (tertiary/aromatic N) is 4. The largest absolute Gasteiger partial charge is 0.494 e. The van der Waals surface area contributed by atoms with Crippen LogP contribution in [-0.2, 0) is 11.2 Å². The Morgan fingerprint density at radius 2 is 1.81 bits per heavy atom. The number of ether oxygens (including phenoxy) is 1. The first-order valence-corrected chi connectivity index (χ1v) is 14.2. The number of thioether (sulfide) groups is 1. The third-order valence-corrected chi connectivity index (χ3v) is 8.22. The maximum Gasteiger partial charge on any atom is 0.233 e. The minimum atomic E-state index is 0.164. The molecule has 6 nitrogen and oxygen atoms in total. The van der Waals surface area contributed by atoms with Crippen molar-refractivity contribution in [1.82, 2.24) is 19.7 Å². The molecule has 0 spiro atoms. The summed E-state index contributed by atoms with van der Waals surface area (Å²) < 4.78 is 7.64. The quantitative estimate of drug-likeness (QED) is 0.256. The lowest BCUT2D eigenvalue weighted by Gasteiger charge is -2.32. The molecular weight excluding hydrogens is 488 g/mol. The Kier molecular flexibility index (Phi) is 8.03. The van der Waals surface area contributed by atoms with E-state index in [0.717, 1.165) is 59.6 Å². The maximum atomic E-state index is 13.1. The van der Waals surface area contributed by atoms with E-state index in [9.17, 15) is 4.79 Å². The van der Waals surface area contributed by atoms with Crippen LogP contribution in [0.15, 0.2) is 77.3 Å². The number of hydrogen-bond acceptors (Lipinski definition) is 6. The molecule has 36 heavy (non-hydrogen) atoms. The number of likely N-dealkylation sites (tertiary alicyclic amines) is 1. The first-order valence-electron chi connectivity index (χ1n) is 12.4. The summed E-state index contributed by atoms with van der Waals surface area (Å²) >= 11 is 3.08. The van der Waals surface area contributed by atoms with Gasteiger partial charge in [0.25, 0.3) is 0 Å². The van der Waals surface area contributed by atoms with Crippen molar-refractivity contribution in [2.75, 3.05) is 25.4 Å². The van der Waals surface area contributed by atoms with E-state index in [0.29, 0.717) is 18.3 Å². The lowest BCUT2D eigenvalue weighted by Crippen LogP contribution is -2.39. The average Bonchev–Trinajstić information content (AvgIpc) is 3.59. The molecule has 2 aromatic heterocycles. The molecule has 0 atom stereocenters. The van der Waals surface area contributed by atoms with Crippen molar-refractivity contribution in [1.29, 1.82) is 0 Å². The summed E-state index contributed by atoms with van der Waals surface area (Å²) in [5.74, 6) is 2.76. The number of thiophene rings is 1. The van der Waals surface area contributed by atoms with Gasteiger partial charge in [0, 0.05) is 13.1 Å². The zero-order valence-electron chi connectivity index (χ0n) is 20.4. The number of amides is 1. The highest BCUT2D eigenvalue weighted by Crippen LogP contribution is 2.31. The molecule has 4 aromatic rings. The lowest BCUT2D eigenvalue weighted by atomic mass is 9.90. The highest BCUT2D eigenvalue weighted by atomic mass is 32.2. The predicted molar refractivity (Wildman–Crippen MR) is 146 cm³/mol. The topological polar surface area (TPSA) is 60.2 Å². The van der Waals surface area contributed by atoms with E-state index in [4.69, 9.17) is 4.74 Å². The Morgan fingerprint density at radius 3 is 2.50 bits per heavy atom. The smallest absolute Gasteiger partial charge is 0.233 e. The lowest BCUT2D eigenvalue weighted by molar-refractivity contribution is -0.129. The Hall–Kier alpha value is -3.10. The van der Waals surface area contributed by atoms with Gasteiger partial charge in [0.2, 0.25) is 5.91 Å². The van der Waals surface area contributed by atoms with Crippen molar-refractivity contribution in [2.45, 2.75) is 31.3 Å². The van der Waals surface area contributed by atoms with Gasteiger partial charge in [-0.05, 0) is 73.4 Å². The van der Waals surface area contributed by atoms with E-state index in [1.807, 2.05) is 58.2 Å². The van der Waals surface area contributed by atoms with Gasteiger partial charge in [-0.3, -0.25) is 9.36 Å². The van der Waals surface area contributed by atoms with Crippen molar-refractivity contribution >= 4 is 29.0 Å². The number of benzene rings is 2. The van der Waals surface area contributed by atoms with E-state index in [1.54, 1.807) is 11.3 Å². The van der Waals surface area contributed by atoms with Crippen molar-refractivity contribution in [3.63, 3.8) is 0 Å². The number of carbonyl (C=O) groups is 1. The summed E-state index contributed by atoms with van der Waals surface area (Å²) in [5, 5.41) is 11.7. The van der Waals surface area contributed by atoms with Gasteiger partial charge < -0.3 is 9.64 Å². The van der Waals surface area contributed by atoms with Crippen LogP contribution in [-0.4, -0.2) is 51.0 Å². The Labute approximate surface area is 220 Å². The summed E-state index contributed by atoms with van der Waals surface area (Å²) in [6.45, 7) is 4.24. The monoisotopic (exact) mass is 518 g/mol. The van der Waals surface area contributed by atoms with Crippen molar-refractivity contribution < 1.29 is 9.53 Å². The second-order valence-corrected chi connectivity index (χ2v) is 10.7. The molecule has 3 heterocycles. The summed E-state index contributed by atoms with van der Waals surface area (Å²) in [4.78, 5) is 16.1. The number of piperidine rings is 1. The van der Waals surface area contributed by atoms with Crippen LogP contribution < -0.4 is 4.74 Å². The Bertz CT molecular complexity index is 1250. The molecule has 1 fully saturated rings. The summed E-state index contributed by atoms with van der Waals surface area (Å²) in [5.41, 5.74) is 2.33. The predicted octanol–water partition coefficient (Wildman–Crippen LogP) is 5.97. The molecule has 0 radical (unpaired) electrons. The number of aromatic nitrogens is 3. The molecule has 8 heteroatoms. The molecule has 1 aliphatic heterocycles. The summed E-state index contributed by atoms with van der Waals surface area (Å²) in [6.07, 6.45) is 3.20. The van der Waals surface area contributed by atoms with Gasteiger partial charge in [-0.15, -0.1) is 21.5 Å². The zero-order chi connectivity index (χ0) is 24.7. The fourth-order valence-electron chi connectivity index (χ4n) is 4.57. The Balaban J connectivity index is 1.24. The van der Waals surface area contributed by atoms with Gasteiger partial charge in [-0.2, -0.15) is 0 Å². The van der Waals surface area contributed by atoms with E-state index >= 15 is 0 Å². The molecular formula is C28H30N4O2S2. The van der Waals surface area contributed by atoms with Crippen LogP contribution in [0.3, 0.4) is 0 Å². The summed E-state index contributed by atoms with van der Waals surface area (Å²) in [7, 11) is 0. The normalized spacial score (nSPS) is 14.2. The third-order valence-electron chi connectivity index (χ3n) is 6.44. The molecule has 5 rings (SSSR count). The molecule has 1 saturated heterocycles. The first-order chi connectivity index (χ1) is 17.7. The molecule has 2 aromatic carbocycles. The second kappa shape index (κ2) is 11.8. The van der Waals surface area contributed by atoms with Crippen LogP contribution in [0.25, 0.3) is 16.4 Å². The Morgan fingerprint density at radius 1 is 1.03 bits per heavy atom. The zero-order valence-corrected chi connectivity index (χ0v) is 22.0. The van der Waals surface area contributed by atoms with Crippen LogP contribution in [0.1, 0.15) is 25.3 Å². The van der Waals surface area contributed by atoms with Gasteiger partial charge in [0.15, 0.2) is 11.0 Å². The van der Waals surface area contributed by atoms with Gasteiger partial charge >= 0.3 is 0 Å². The van der Waals surface area contributed by atoms with E-state index in [-0.39, 0.29) is 5.91 Å². The first kappa shape index (κ1) is 24.6. The minimum absolute atomic E-state index is 0.164. The number of rotatable bonds is 9. The maximum absolute atomic E-state index is 13.1. The number of carbonyl (C=O) groups excluding carboxylic acids is 1. The third kappa shape index (κ3) is 5.82. The molecule has 186 valence electrons. The average molecular weight is 519 g/mol. The van der Waals surface area contributed by atoms with E-state index in [1.165, 1.54) is 17.3 Å². The van der Waals surface area contributed by atoms with Gasteiger partial charge in [0.05, 0.1) is 22.9 Å². The SMILES string of the molecule is CCOc1ccc(-n2c(SCC(=O)N3CCC(Cc4ccccc4)CC3)nnc2-c2cccs2)cc1. The van der Waals surface area contributed by atoms with Crippen molar-refractivity contribution in [2.24, 2.45) is 5.92 Å². The molecule has 1 amide bonds. The standard InChI is InChI=1S/C28H30N4O2S2/c1-2-34-24-12-10-23(11-13-24)32-27(25-9-6-18-35-25)29-30-28(32)36-20-26(33)31-16-14-22(15-17-31)19-21-7-4-3-5-8-21/h3-13,18,22H,2,14-17,19-20H2,1H3. The molecule has 0 N–H and O–H groups in total. The molecule has 0 aliphatic carbocycles. The van der Waals surface area contributed by atoms with Crippen LogP contribution in [0.5, 0.6) is 5.75 Å². The highest BCUT2D eigenvalue weighted by molar-refractivity contribution is 7.99. The van der Waals surface area contributed by atoms with E-state index in [2.05, 4.69) is 40.5 Å². The van der Waals surface area contributed by atoms with Crippen LogP contribution in [0.2, 0.25) is 0 Å². The van der Waals surface area contributed by atoms with Crippen molar-refractivity contribution in [3.8, 4) is 22.1 Å². The molecule has 0 unspecified atom stereocenters. The van der Waals surface area contributed by atoms with E-state index < -0.39 is 0 Å². The summed E-state index contributed by atoms with van der Waals surface area (Å²) in [6, 6.07) is 22.6. The number of hydrogen-bond donors (Lipinski definition) is 0. The van der Waals surface area contributed by atoms with Crippen molar-refractivity contribution in [3.05, 3.63) is 77.7 Å². The minimum Gasteiger partial charge on any atom is -0.494 e. The van der Waals surface area contributed by atoms with Crippen LogP contribution in [0, 0.1) is 5.92 Å². The van der Waals surface area contributed by atoms with Crippen LogP contribution in [0.4, 0.5) is 0 Å². The highest BCUT2D eigenvalue weighted by Gasteiger charge is 2.24. The van der Waals surface area contributed by atoms with Gasteiger partial charge in [0.1, 0.15) is 5.75 Å². The van der Waals surface area contributed by atoms with Gasteiger partial charge in [-0.1, -0.05) is 48.2 Å². The van der Waals surface area contributed by atoms with Gasteiger partial charge in [-0.25, -0.2) is 0 Å². The fourth-order valence-corrected chi connectivity index (χ4v) is 6.12. The fraction of sp³-hybridized carbons (Fsp3) is 0.321. The molecule has 0 saturated carbocycles.